The van der Waals surface area contributed by atoms with E-state index in [0.29, 0.717) is 59.0 Å². The lowest BCUT2D eigenvalue weighted by Crippen LogP contribution is -2.49. The summed E-state index contributed by atoms with van der Waals surface area (Å²) in [5.74, 6) is 2.03. The molecule has 158 valence electrons. The average molecular weight is 457 g/mol. The zero-order chi connectivity index (χ0) is 21.4. The van der Waals surface area contributed by atoms with E-state index in [1.54, 1.807) is 30.3 Å². The standard InChI is InChI=1S/C22H18Cl2N4O3/c23-15-2-3-16(17(24)12-15)18-4-6-21(26-25-18)27-7-9-28(10-8-27)22(29)14-1-5-19-20(11-14)31-13-30-19/h1-6,11-12H,7-10,13H2. The number of rotatable bonds is 3. The number of amides is 1. The Hall–Kier alpha value is -3.03. The molecule has 1 saturated heterocycles. The molecule has 2 aromatic carbocycles. The summed E-state index contributed by atoms with van der Waals surface area (Å²) in [4.78, 5) is 16.8. The van der Waals surface area contributed by atoms with E-state index in [1.165, 1.54) is 0 Å². The Bertz CT molecular complexity index is 1130. The first-order chi connectivity index (χ1) is 15.1. The number of carbonyl (C=O) groups excluding carboxylic acids is 1. The average Bonchev–Trinajstić information content (AvgIpc) is 3.27. The van der Waals surface area contributed by atoms with Crippen molar-refractivity contribution in [1.82, 2.24) is 15.1 Å². The quantitative estimate of drug-likeness (QED) is 0.589. The van der Waals surface area contributed by atoms with Crippen LogP contribution in [-0.2, 0) is 0 Å². The number of hydrogen-bond acceptors (Lipinski definition) is 6. The Balaban J connectivity index is 1.23. The van der Waals surface area contributed by atoms with Crippen molar-refractivity contribution in [2.75, 3.05) is 37.9 Å². The van der Waals surface area contributed by atoms with Gasteiger partial charge in [0, 0.05) is 42.3 Å². The van der Waals surface area contributed by atoms with E-state index >= 15 is 0 Å². The molecule has 3 aromatic rings. The van der Waals surface area contributed by atoms with Gasteiger partial charge in [-0.2, -0.15) is 0 Å². The normalized spacial score (nSPS) is 15.3. The Labute approximate surface area is 189 Å². The fourth-order valence-corrected chi connectivity index (χ4v) is 4.19. The lowest BCUT2D eigenvalue weighted by atomic mass is 10.1. The number of hydrogen-bond donors (Lipinski definition) is 0. The summed E-state index contributed by atoms with van der Waals surface area (Å²) in [6.45, 7) is 2.73. The van der Waals surface area contributed by atoms with E-state index in [9.17, 15) is 4.79 Å². The molecular weight excluding hydrogens is 439 g/mol. The molecule has 1 amide bonds. The molecule has 0 spiro atoms. The Morgan fingerprint density at radius 3 is 2.42 bits per heavy atom. The van der Waals surface area contributed by atoms with Gasteiger partial charge >= 0.3 is 0 Å². The van der Waals surface area contributed by atoms with Gasteiger partial charge in [-0.15, -0.1) is 10.2 Å². The first-order valence-corrected chi connectivity index (χ1v) is 10.6. The monoisotopic (exact) mass is 456 g/mol. The van der Waals surface area contributed by atoms with Crippen molar-refractivity contribution in [3.05, 3.63) is 64.1 Å². The maximum Gasteiger partial charge on any atom is 0.254 e. The molecular formula is C22H18Cl2N4O3. The van der Waals surface area contributed by atoms with Crippen LogP contribution in [0.2, 0.25) is 10.0 Å². The molecule has 0 bridgehead atoms. The van der Waals surface area contributed by atoms with Crippen molar-refractivity contribution in [3.8, 4) is 22.8 Å². The molecule has 31 heavy (non-hydrogen) atoms. The highest BCUT2D eigenvalue weighted by molar-refractivity contribution is 6.36. The Morgan fingerprint density at radius 2 is 1.68 bits per heavy atom. The SMILES string of the molecule is O=C(c1ccc2c(c1)OCO2)N1CCN(c2ccc(-c3ccc(Cl)cc3Cl)nn2)CC1. The fourth-order valence-electron chi connectivity index (χ4n) is 3.69. The third kappa shape index (κ3) is 3.98. The smallest absolute Gasteiger partial charge is 0.254 e. The maximum absolute atomic E-state index is 12.9. The molecule has 7 nitrogen and oxygen atoms in total. The molecule has 0 saturated carbocycles. The summed E-state index contributed by atoms with van der Waals surface area (Å²) < 4.78 is 10.7. The van der Waals surface area contributed by atoms with Crippen molar-refractivity contribution < 1.29 is 14.3 Å². The molecule has 1 aromatic heterocycles. The van der Waals surface area contributed by atoms with Gasteiger partial charge in [-0.3, -0.25) is 4.79 Å². The topological polar surface area (TPSA) is 67.8 Å². The number of aromatic nitrogens is 2. The van der Waals surface area contributed by atoms with Crippen molar-refractivity contribution in [3.63, 3.8) is 0 Å². The second-order valence-electron chi connectivity index (χ2n) is 7.25. The number of ether oxygens (including phenoxy) is 2. The summed E-state index contributed by atoms with van der Waals surface area (Å²) in [5, 5.41) is 9.79. The van der Waals surface area contributed by atoms with Gasteiger partial charge in [-0.25, -0.2) is 0 Å². The van der Waals surface area contributed by atoms with Crippen molar-refractivity contribution in [1.29, 1.82) is 0 Å². The van der Waals surface area contributed by atoms with Crippen LogP contribution in [0, 0.1) is 0 Å². The van der Waals surface area contributed by atoms with E-state index in [4.69, 9.17) is 32.7 Å². The maximum atomic E-state index is 12.9. The minimum Gasteiger partial charge on any atom is -0.454 e. The highest BCUT2D eigenvalue weighted by Gasteiger charge is 2.25. The van der Waals surface area contributed by atoms with E-state index < -0.39 is 0 Å². The predicted molar refractivity (Wildman–Crippen MR) is 118 cm³/mol. The molecule has 2 aliphatic rings. The highest BCUT2D eigenvalue weighted by atomic mass is 35.5. The summed E-state index contributed by atoms with van der Waals surface area (Å²) >= 11 is 12.2. The lowest BCUT2D eigenvalue weighted by molar-refractivity contribution is 0.0746. The van der Waals surface area contributed by atoms with Crippen LogP contribution in [0.3, 0.4) is 0 Å². The van der Waals surface area contributed by atoms with Crippen LogP contribution in [0.25, 0.3) is 11.3 Å². The summed E-state index contributed by atoms with van der Waals surface area (Å²) in [6.07, 6.45) is 0. The number of halogens is 2. The highest BCUT2D eigenvalue weighted by Crippen LogP contribution is 2.33. The summed E-state index contributed by atoms with van der Waals surface area (Å²) in [5.41, 5.74) is 2.06. The zero-order valence-electron chi connectivity index (χ0n) is 16.4. The van der Waals surface area contributed by atoms with Gasteiger partial charge in [0.2, 0.25) is 6.79 Å². The van der Waals surface area contributed by atoms with E-state index in [1.807, 2.05) is 23.1 Å². The predicted octanol–water partition coefficient (Wildman–Crippen LogP) is 4.14. The molecule has 2 aliphatic heterocycles. The number of nitrogens with zero attached hydrogens (tertiary/aromatic N) is 4. The molecule has 0 N–H and O–H groups in total. The van der Waals surface area contributed by atoms with Crippen molar-refractivity contribution in [2.45, 2.75) is 0 Å². The number of benzene rings is 2. The van der Waals surface area contributed by atoms with Crippen molar-refractivity contribution in [2.24, 2.45) is 0 Å². The molecule has 0 atom stereocenters. The lowest BCUT2D eigenvalue weighted by Gasteiger charge is -2.35. The van der Waals surface area contributed by atoms with Crippen LogP contribution in [0.5, 0.6) is 11.5 Å². The fraction of sp³-hybridized carbons (Fsp3) is 0.227. The second kappa shape index (κ2) is 8.24. The molecule has 1 fully saturated rings. The largest absolute Gasteiger partial charge is 0.454 e. The molecule has 5 rings (SSSR count). The summed E-state index contributed by atoms with van der Waals surface area (Å²) in [6, 6.07) is 14.4. The zero-order valence-corrected chi connectivity index (χ0v) is 17.9. The van der Waals surface area contributed by atoms with Gasteiger partial charge < -0.3 is 19.3 Å². The molecule has 0 radical (unpaired) electrons. The second-order valence-corrected chi connectivity index (χ2v) is 8.09. The molecule has 0 aliphatic carbocycles. The van der Waals surface area contributed by atoms with E-state index in [0.717, 1.165) is 11.4 Å². The molecule has 3 heterocycles. The number of piperazine rings is 1. The number of fused-ring (bicyclic) bond motifs is 1. The van der Waals surface area contributed by atoms with E-state index in [-0.39, 0.29) is 12.7 Å². The molecule has 9 heteroatoms. The number of anilines is 1. The van der Waals surface area contributed by atoms with Gasteiger partial charge in [-0.1, -0.05) is 23.2 Å². The van der Waals surface area contributed by atoms with Crippen LogP contribution >= 0.6 is 23.2 Å². The molecule has 0 unspecified atom stereocenters. The van der Waals surface area contributed by atoms with Gasteiger partial charge in [-0.05, 0) is 48.5 Å². The minimum absolute atomic E-state index is 0.0169. The van der Waals surface area contributed by atoms with Gasteiger partial charge in [0.15, 0.2) is 17.3 Å². The van der Waals surface area contributed by atoms with Crippen LogP contribution in [0.1, 0.15) is 10.4 Å². The van der Waals surface area contributed by atoms with Crippen LogP contribution < -0.4 is 14.4 Å². The van der Waals surface area contributed by atoms with E-state index in [2.05, 4.69) is 15.1 Å². The third-order valence-electron chi connectivity index (χ3n) is 5.37. The van der Waals surface area contributed by atoms with Gasteiger partial charge in [0.1, 0.15) is 0 Å². The van der Waals surface area contributed by atoms with Crippen LogP contribution in [-0.4, -0.2) is 54.0 Å². The first kappa shape index (κ1) is 19.9. The van der Waals surface area contributed by atoms with Crippen LogP contribution in [0.4, 0.5) is 5.82 Å². The van der Waals surface area contributed by atoms with Gasteiger partial charge in [0.25, 0.3) is 5.91 Å². The van der Waals surface area contributed by atoms with Gasteiger partial charge in [0.05, 0.1) is 10.7 Å². The Morgan fingerprint density at radius 1 is 0.871 bits per heavy atom. The van der Waals surface area contributed by atoms with Crippen molar-refractivity contribution >= 4 is 34.9 Å². The summed E-state index contributed by atoms with van der Waals surface area (Å²) in [7, 11) is 0. The number of carbonyl (C=O) groups is 1. The Kier molecular flexibility index (Phi) is 5.29. The third-order valence-corrected chi connectivity index (χ3v) is 5.92. The minimum atomic E-state index is -0.0169. The first-order valence-electron chi connectivity index (χ1n) is 9.81. The van der Waals surface area contributed by atoms with Crippen LogP contribution in [0.15, 0.2) is 48.5 Å².